The Labute approximate surface area is 75.8 Å². The molecule has 0 aromatic rings. The standard InChI is InChI=1S/C9H22N2O/c1-4-10-9(8-12)6-5-7-11(2)3/h9-10,12H,4-8H2,1-3H3. The van der Waals surface area contributed by atoms with E-state index in [1.54, 1.807) is 0 Å². The molecule has 0 bridgehead atoms. The van der Waals surface area contributed by atoms with Gasteiger partial charge in [0.25, 0.3) is 0 Å². The average molecular weight is 174 g/mol. The van der Waals surface area contributed by atoms with Crippen LogP contribution in [-0.4, -0.2) is 49.8 Å². The summed E-state index contributed by atoms with van der Waals surface area (Å²) in [6.45, 7) is 4.35. The highest BCUT2D eigenvalue weighted by atomic mass is 16.3. The summed E-state index contributed by atoms with van der Waals surface area (Å²) in [5.41, 5.74) is 0. The van der Waals surface area contributed by atoms with Crippen LogP contribution in [0.1, 0.15) is 19.8 Å². The van der Waals surface area contributed by atoms with Crippen molar-refractivity contribution < 1.29 is 5.11 Å². The third-order valence-electron chi connectivity index (χ3n) is 1.87. The molecule has 2 N–H and O–H groups in total. The molecule has 12 heavy (non-hydrogen) atoms. The van der Waals surface area contributed by atoms with Gasteiger partial charge < -0.3 is 15.3 Å². The van der Waals surface area contributed by atoms with Crippen molar-refractivity contribution in [2.24, 2.45) is 0 Å². The quantitative estimate of drug-likeness (QED) is 0.582. The number of aliphatic hydroxyl groups is 1. The Hall–Kier alpha value is -0.120. The van der Waals surface area contributed by atoms with Gasteiger partial charge in [0, 0.05) is 6.04 Å². The highest BCUT2D eigenvalue weighted by molar-refractivity contribution is 4.64. The molecule has 0 aromatic carbocycles. The topological polar surface area (TPSA) is 35.5 Å². The van der Waals surface area contributed by atoms with Gasteiger partial charge in [-0.1, -0.05) is 6.92 Å². The third kappa shape index (κ3) is 6.58. The summed E-state index contributed by atoms with van der Waals surface area (Å²) in [5.74, 6) is 0. The van der Waals surface area contributed by atoms with Crippen LogP contribution in [0.25, 0.3) is 0 Å². The predicted molar refractivity (Wildman–Crippen MR) is 52.3 cm³/mol. The van der Waals surface area contributed by atoms with Gasteiger partial charge in [-0.25, -0.2) is 0 Å². The normalized spacial score (nSPS) is 13.8. The summed E-state index contributed by atoms with van der Waals surface area (Å²) < 4.78 is 0. The fourth-order valence-electron chi connectivity index (χ4n) is 1.20. The largest absolute Gasteiger partial charge is 0.395 e. The number of aliphatic hydroxyl groups excluding tert-OH is 1. The fraction of sp³-hybridized carbons (Fsp3) is 1.00. The molecule has 0 radical (unpaired) electrons. The molecule has 1 atom stereocenters. The van der Waals surface area contributed by atoms with Crippen molar-refractivity contribution in [1.29, 1.82) is 0 Å². The molecule has 0 spiro atoms. The maximum atomic E-state index is 8.95. The Balaban J connectivity index is 3.31. The molecule has 0 rings (SSSR count). The molecule has 0 saturated heterocycles. The zero-order chi connectivity index (χ0) is 9.40. The lowest BCUT2D eigenvalue weighted by Gasteiger charge is -2.16. The molecule has 3 heteroatoms. The Morgan fingerprint density at radius 2 is 2.08 bits per heavy atom. The van der Waals surface area contributed by atoms with Gasteiger partial charge in [-0.3, -0.25) is 0 Å². The molecule has 0 amide bonds. The lowest BCUT2D eigenvalue weighted by molar-refractivity contribution is 0.231. The van der Waals surface area contributed by atoms with Gasteiger partial charge in [0.1, 0.15) is 0 Å². The summed E-state index contributed by atoms with van der Waals surface area (Å²) in [4.78, 5) is 2.17. The molecule has 0 aromatic heterocycles. The summed E-state index contributed by atoms with van der Waals surface area (Å²) in [6, 6.07) is 0.287. The van der Waals surface area contributed by atoms with Crippen molar-refractivity contribution in [3.05, 3.63) is 0 Å². The van der Waals surface area contributed by atoms with Crippen LogP contribution in [0, 0.1) is 0 Å². The van der Waals surface area contributed by atoms with E-state index in [0.29, 0.717) is 0 Å². The van der Waals surface area contributed by atoms with Gasteiger partial charge in [0.2, 0.25) is 0 Å². The number of hydrogen-bond acceptors (Lipinski definition) is 3. The molecule has 0 heterocycles. The minimum atomic E-state index is 0.251. The first-order chi connectivity index (χ1) is 5.70. The highest BCUT2D eigenvalue weighted by Crippen LogP contribution is 1.96. The number of rotatable bonds is 7. The Morgan fingerprint density at radius 3 is 2.50 bits per heavy atom. The lowest BCUT2D eigenvalue weighted by atomic mass is 10.1. The zero-order valence-electron chi connectivity index (χ0n) is 8.51. The van der Waals surface area contributed by atoms with Gasteiger partial charge >= 0.3 is 0 Å². The molecule has 0 fully saturated rings. The number of nitrogens with one attached hydrogen (secondary N) is 1. The third-order valence-corrected chi connectivity index (χ3v) is 1.87. The molecule has 1 unspecified atom stereocenters. The SMILES string of the molecule is CCNC(CO)CCCN(C)C. The van der Waals surface area contributed by atoms with Crippen molar-refractivity contribution in [1.82, 2.24) is 10.2 Å². The van der Waals surface area contributed by atoms with Crippen LogP contribution in [0.5, 0.6) is 0 Å². The zero-order valence-corrected chi connectivity index (χ0v) is 8.51. The molecular formula is C9H22N2O. The van der Waals surface area contributed by atoms with Crippen LogP contribution < -0.4 is 5.32 Å². The number of likely N-dealkylation sites (N-methyl/N-ethyl adjacent to an activating group) is 1. The van der Waals surface area contributed by atoms with Crippen molar-refractivity contribution >= 4 is 0 Å². The molecule has 3 nitrogen and oxygen atoms in total. The van der Waals surface area contributed by atoms with Crippen LogP contribution in [0.3, 0.4) is 0 Å². The van der Waals surface area contributed by atoms with E-state index in [-0.39, 0.29) is 12.6 Å². The van der Waals surface area contributed by atoms with E-state index in [4.69, 9.17) is 5.11 Å². The second-order valence-electron chi connectivity index (χ2n) is 3.38. The predicted octanol–water partition coefficient (Wildman–Crippen LogP) is 0.299. The van der Waals surface area contributed by atoms with Crippen molar-refractivity contribution in [2.75, 3.05) is 33.8 Å². The van der Waals surface area contributed by atoms with E-state index >= 15 is 0 Å². The maximum absolute atomic E-state index is 8.95. The van der Waals surface area contributed by atoms with Gasteiger partial charge in [-0.15, -0.1) is 0 Å². The van der Waals surface area contributed by atoms with Crippen molar-refractivity contribution in [3.8, 4) is 0 Å². The van der Waals surface area contributed by atoms with Crippen LogP contribution in [-0.2, 0) is 0 Å². The first-order valence-corrected chi connectivity index (χ1v) is 4.69. The van der Waals surface area contributed by atoms with Gasteiger partial charge in [-0.05, 0) is 40.0 Å². The highest BCUT2D eigenvalue weighted by Gasteiger charge is 2.04. The van der Waals surface area contributed by atoms with E-state index < -0.39 is 0 Å². The van der Waals surface area contributed by atoms with E-state index in [9.17, 15) is 0 Å². The minimum absolute atomic E-state index is 0.251. The van der Waals surface area contributed by atoms with Crippen LogP contribution in [0.4, 0.5) is 0 Å². The number of hydrogen-bond donors (Lipinski definition) is 2. The Kier molecular flexibility index (Phi) is 7.45. The smallest absolute Gasteiger partial charge is 0.0584 e. The number of nitrogens with zero attached hydrogens (tertiary/aromatic N) is 1. The lowest BCUT2D eigenvalue weighted by Crippen LogP contribution is -2.32. The van der Waals surface area contributed by atoms with Gasteiger partial charge in [0.15, 0.2) is 0 Å². The van der Waals surface area contributed by atoms with Crippen molar-refractivity contribution in [2.45, 2.75) is 25.8 Å². The average Bonchev–Trinajstić information content (AvgIpc) is 2.02. The summed E-state index contributed by atoms with van der Waals surface area (Å²) in [7, 11) is 4.14. The van der Waals surface area contributed by atoms with Crippen molar-refractivity contribution in [3.63, 3.8) is 0 Å². The van der Waals surface area contributed by atoms with Gasteiger partial charge in [-0.2, -0.15) is 0 Å². The molecule has 0 aliphatic carbocycles. The van der Waals surface area contributed by atoms with Crippen LogP contribution >= 0.6 is 0 Å². The Bertz CT molecular complexity index is 96.5. The summed E-state index contributed by atoms with van der Waals surface area (Å²) >= 11 is 0. The molecule has 0 saturated carbocycles. The van der Waals surface area contributed by atoms with Gasteiger partial charge in [0.05, 0.1) is 6.61 Å². The first kappa shape index (κ1) is 11.9. The molecular weight excluding hydrogens is 152 g/mol. The van der Waals surface area contributed by atoms with E-state index in [1.807, 2.05) is 0 Å². The molecule has 0 aliphatic rings. The monoisotopic (exact) mass is 174 g/mol. The summed E-state index contributed by atoms with van der Waals surface area (Å²) in [6.07, 6.45) is 2.20. The van der Waals surface area contributed by atoms with E-state index in [0.717, 1.165) is 25.9 Å². The minimum Gasteiger partial charge on any atom is -0.395 e. The fourth-order valence-corrected chi connectivity index (χ4v) is 1.20. The second-order valence-corrected chi connectivity index (χ2v) is 3.38. The first-order valence-electron chi connectivity index (χ1n) is 4.69. The van der Waals surface area contributed by atoms with Crippen LogP contribution in [0.15, 0.2) is 0 Å². The maximum Gasteiger partial charge on any atom is 0.0584 e. The van der Waals surface area contributed by atoms with Crippen LogP contribution in [0.2, 0.25) is 0 Å². The molecule has 0 aliphatic heterocycles. The second kappa shape index (κ2) is 7.53. The van der Waals surface area contributed by atoms with E-state index in [1.165, 1.54) is 0 Å². The summed E-state index contributed by atoms with van der Waals surface area (Å²) in [5, 5.41) is 12.2. The molecule has 74 valence electrons. The Morgan fingerprint density at radius 1 is 1.42 bits per heavy atom. The van der Waals surface area contributed by atoms with E-state index in [2.05, 4.69) is 31.2 Å².